The molecule has 9 nitrogen and oxygen atoms in total. The summed E-state index contributed by atoms with van der Waals surface area (Å²) in [7, 11) is 0. The van der Waals surface area contributed by atoms with E-state index < -0.39 is 0 Å². The average Bonchev–Trinajstić information content (AvgIpc) is 3.46. The van der Waals surface area contributed by atoms with Crippen LogP contribution in [0.5, 0.6) is 0 Å². The van der Waals surface area contributed by atoms with E-state index in [4.69, 9.17) is 9.26 Å². The maximum Gasteiger partial charge on any atom is 0.269 e. The third kappa shape index (κ3) is 3.85. The fourth-order valence-corrected chi connectivity index (χ4v) is 3.48. The van der Waals surface area contributed by atoms with Gasteiger partial charge in [-0.05, 0) is 44.7 Å². The minimum Gasteiger partial charge on any atom is -0.374 e. The van der Waals surface area contributed by atoms with Gasteiger partial charge in [-0.25, -0.2) is 4.68 Å². The van der Waals surface area contributed by atoms with Crippen molar-refractivity contribution in [1.29, 1.82) is 0 Å². The lowest BCUT2D eigenvalue weighted by molar-refractivity contribution is 0.0278. The van der Waals surface area contributed by atoms with Crippen molar-refractivity contribution in [2.24, 2.45) is 5.92 Å². The van der Waals surface area contributed by atoms with Crippen LogP contribution in [0.2, 0.25) is 0 Å². The Morgan fingerprint density at radius 3 is 2.73 bits per heavy atom. The van der Waals surface area contributed by atoms with Gasteiger partial charge in [-0.2, -0.15) is 10.2 Å². The predicted octanol–water partition coefficient (Wildman–Crippen LogP) is 1.97. The van der Waals surface area contributed by atoms with E-state index in [1.807, 2.05) is 26.0 Å². The number of hydrogen-bond acceptors (Lipinski definition) is 8. The zero-order valence-corrected chi connectivity index (χ0v) is 17.1. The third-order valence-electron chi connectivity index (χ3n) is 5.67. The zero-order valence-electron chi connectivity index (χ0n) is 17.1. The van der Waals surface area contributed by atoms with Gasteiger partial charge in [0.25, 0.3) is 5.56 Å². The van der Waals surface area contributed by atoms with Crippen LogP contribution in [0.3, 0.4) is 0 Å². The summed E-state index contributed by atoms with van der Waals surface area (Å²) in [6, 6.07) is 5.33. The normalized spacial score (nSPS) is 16.7. The quantitative estimate of drug-likeness (QED) is 0.585. The maximum absolute atomic E-state index is 12.7. The lowest BCUT2D eigenvalue weighted by Gasteiger charge is -2.40. The summed E-state index contributed by atoms with van der Waals surface area (Å²) in [5, 5.41) is 16.7. The van der Waals surface area contributed by atoms with Crippen LogP contribution < -0.4 is 10.5 Å². The molecule has 0 bridgehead atoms. The minimum absolute atomic E-state index is 0.170. The van der Waals surface area contributed by atoms with E-state index in [2.05, 4.69) is 25.4 Å². The molecule has 1 saturated heterocycles. The van der Waals surface area contributed by atoms with Gasteiger partial charge in [-0.3, -0.25) is 4.79 Å². The van der Waals surface area contributed by atoms with Gasteiger partial charge in [-0.15, -0.1) is 5.10 Å². The van der Waals surface area contributed by atoms with Crippen LogP contribution in [-0.2, 0) is 11.3 Å². The average molecular weight is 408 g/mol. The van der Waals surface area contributed by atoms with Crippen LogP contribution in [0.4, 0.5) is 5.69 Å². The van der Waals surface area contributed by atoms with Crippen LogP contribution in [-0.4, -0.2) is 50.9 Å². The molecule has 0 atom stereocenters. The summed E-state index contributed by atoms with van der Waals surface area (Å²) < 4.78 is 12.6. The SMILES string of the molecule is Cc1ccc(-c2noc(C)c2Cn2ncc(N3CC(OCC4CC4)C3)cc2=O)nn1. The summed E-state index contributed by atoms with van der Waals surface area (Å²) in [4.78, 5) is 14.8. The molecule has 1 saturated carbocycles. The molecule has 4 heterocycles. The summed E-state index contributed by atoms with van der Waals surface area (Å²) in [6.07, 6.45) is 4.57. The molecule has 2 aliphatic rings. The Morgan fingerprint density at radius 1 is 1.20 bits per heavy atom. The lowest BCUT2D eigenvalue weighted by Crippen LogP contribution is -2.53. The topological polar surface area (TPSA) is 99.2 Å². The molecule has 0 radical (unpaired) electrons. The van der Waals surface area contributed by atoms with E-state index in [0.717, 1.165) is 42.6 Å². The molecule has 0 N–H and O–H groups in total. The number of anilines is 1. The van der Waals surface area contributed by atoms with E-state index in [1.165, 1.54) is 17.5 Å². The van der Waals surface area contributed by atoms with E-state index in [0.29, 0.717) is 17.1 Å². The van der Waals surface area contributed by atoms with Gasteiger partial charge in [0.15, 0.2) is 0 Å². The first-order valence-corrected chi connectivity index (χ1v) is 10.3. The molecule has 5 rings (SSSR count). The summed E-state index contributed by atoms with van der Waals surface area (Å²) in [5.41, 5.74) is 3.44. The molecule has 1 aliphatic heterocycles. The maximum atomic E-state index is 12.7. The Labute approximate surface area is 173 Å². The van der Waals surface area contributed by atoms with Crippen molar-refractivity contribution in [1.82, 2.24) is 25.1 Å². The van der Waals surface area contributed by atoms with Crippen molar-refractivity contribution in [3.8, 4) is 11.4 Å². The number of ether oxygens (including phenoxy) is 1. The molecule has 1 aliphatic carbocycles. The van der Waals surface area contributed by atoms with E-state index in [1.54, 1.807) is 12.3 Å². The van der Waals surface area contributed by atoms with Crippen molar-refractivity contribution >= 4 is 5.69 Å². The van der Waals surface area contributed by atoms with Crippen molar-refractivity contribution < 1.29 is 9.26 Å². The first kappa shape index (κ1) is 18.9. The Kier molecular flexibility index (Phi) is 4.82. The molecular weight excluding hydrogens is 384 g/mol. The van der Waals surface area contributed by atoms with E-state index in [9.17, 15) is 4.79 Å². The molecule has 3 aromatic heterocycles. The van der Waals surface area contributed by atoms with Gasteiger partial charge in [-0.1, -0.05) is 5.16 Å². The molecule has 2 fully saturated rings. The Hall–Kier alpha value is -3.07. The third-order valence-corrected chi connectivity index (χ3v) is 5.67. The number of rotatable bonds is 7. The Morgan fingerprint density at radius 2 is 2.03 bits per heavy atom. The predicted molar refractivity (Wildman–Crippen MR) is 109 cm³/mol. The number of aromatic nitrogens is 5. The first-order valence-electron chi connectivity index (χ1n) is 10.3. The van der Waals surface area contributed by atoms with Crippen molar-refractivity contribution in [3.05, 3.63) is 51.8 Å². The molecule has 9 heteroatoms. The van der Waals surface area contributed by atoms with Crippen LogP contribution in [0, 0.1) is 19.8 Å². The molecular formula is C21H24N6O3. The summed E-state index contributed by atoms with van der Waals surface area (Å²) in [6.45, 7) is 6.42. The van der Waals surface area contributed by atoms with Crippen molar-refractivity contribution in [2.45, 2.75) is 39.3 Å². The van der Waals surface area contributed by atoms with Gasteiger partial charge in [0.2, 0.25) is 0 Å². The van der Waals surface area contributed by atoms with Crippen molar-refractivity contribution in [3.63, 3.8) is 0 Å². The standard InChI is InChI=1S/C21H24N6O3/c1-13-3-6-19(24-23-13)21-18(14(2)30-25-21)11-27-20(28)7-16(8-22-27)26-9-17(10-26)29-12-15-4-5-15/h3,6-8,15,17H,4-5,9-12H2,1-2H3. The fourth-order valence-electron chi connectivity index (χ4n) is 3.48. The zero-order chi connectivity index (χ0) is 20.7. The summed E-state index contributed by atoms with van der Waals surface area (Å²) >= 11 is 0. The van der Waals surface area contributed by atoms with Crippen molar-refractivity contribution in [2.75, 3.05) is 24.6 Å². The first-order chi connectivity index (χ1) is 14.6. The lowest BCUT2D eigenvalue weighted by atomic mass is 10.1. The highest BCUT2D eigenvalue weighted by atomic mass is 16.5. The van der Waals surface area contributed by atoms with Crippen LogP contribution in [0.25, 0.3) is 11.4 Å². The van der Waals surface area contributed by atoms with Gasteiger partial charge >= 0.3 is 0 Å². The Bertz CT molecular complexity index is 1100. The number of hydrogen-bond donors (Lipinski definition) is 0. The monoisotopic (exact) mass is 408 g/mol. The van der Waals surface area contributed by atoms with Crippen LogP contribution >= 0.6 is 0 Å². The van der Waals surface area contributed by atoms with Gasteiger partial charge in [0.05, 0.1) is 30.2 Å². The minimum atomic E-state index is -0.170. The number of aryl methyl sites for hydroxylation is 2. The van der Waals surface area contributed by atoms with Gasteiger partial charge < -0.3 is 14.2 Å². The Balaban J connectivity index is 1.29. The summed E-state index contributed by atoms with van der Waals surface area (Å²) in [5.74, 6) is 1.39. The molecule has 0 spiro atoms. The van der Waals surface area contributed by atoms with Gasteiger partial charge in [0.1, 0.15) is 17.1 Å². The highest BCUT2D eigenvalue weighted by Crippen LogP contribution is 2.30. The fraction of sp³-hybridized carbons (Fsp3) is 0.476. The second kappa shape index (κ2) is 7.64. The molecule has 0 amide bonds. The largest absolute Gasteiger partial charge is 0.374 e. The molecule has 156 valence electrons. The molecule has 30 heavy (non-hydrogen) atoms. The van der Waals surface area contributed by atoms with E-state index >= 15 is 0 Å². The molecule has 0 aromatic carbocycles. The van der Waals surface area contributed by atoms with Crippen LogP contribution in [0.1, 0.15) is 29.9 Å². The molecule has 0 unspecified atom stereocenters. The van der Waals surface area contributed by atoms with Gasteiger partial charge in [0, 0.05) is 31.3 Å². The number of nitrogens with zero attached hydrogens (tertiary/aromatic N) is 6. The highest BCUT2D eigenvalue weighted by Gasteiger charge is 2.31. The molecule has 3 aromatic rings. The van der Waals surface area contributed by atoms with Crippen LogP contribution in [0.15, 0.2) is 33.7 Å². The second-order valence-corrected chi connectivity index (χ2v) is 8.14. The second-order valence-electron chi connectivity index (χ2n) is 8.14. The smallest absolute Gasteiger partial charge is 0.269 e. The highest BCUT2D eigenvalue weighted by molar-refractivity contribution is 5.58. The van der Waals surface area contributed by atoms with E-state index in [-0.39, 0.29) is 18.2 Å².